The average molecular weight is 488 g/mol. The molecule has 0 aliphatic carbocycles. The minimum absolute atomic E-state index is 0.0879. The van der Waals surface area contributed by atoms with E-state index in [9.17, 15) is 23.1 Å². The van der Waals surface area contributed by atoms with Crippen LogP contribution in [0.5, 0.6) is 0 Å². The van der Waals surface area contributed by atoms with Crippen LogP contribution in [0.4, 0.5) is 10.5 Å². The number of thiophene rings is 1. The first-order chi connectivity index (χ1) is 15.8. The molecule has 3 aromatic rings. The van der Waals surface area contributed by atoms with Crippen LogP contribution in [-0.4, -0.2) is 32.1 Å². The summed E-state index contributed by atoms with van der Waals surface area (Å²) in [6.45, 7) is 2.55. The van der Waals surface area contributed by atoms with Crippen molar-refractivity contribution in [3.8, 4) is 10.4 Å². The van der Waals surface area contributed by atoms with E-state index in [2.05, 4.69) is 15.4 Å². The van der Waals surface area contributed by atoms with Crippen LogP contribution in [0.2, 0.25) is 0 Å². The molecule has 1 atom stereocenters. The SMILES string of the molecule is CCCNC(=O)Nc1ccc(-c2ccc(S(=O)(=O)NC(CC(=O)O)c3ccccc3)s2)cc1. The van der Waals surface area contributed by atoms with Gasteiger partial charge < -0.3 is 15.7 Å². The Balaban J connectivity index is 1.74. The molecule has 2 amide bonds. The fourth-order valence-corrected chi connectivity index (χ4v) is 5.64. The third-order valence-corrected chi connectivity index (χ3v) is 7.78. The van der Waals surface area contributed by atoms with Crippen LogP contribution in [0.3, 0.4) is 0 Å². The van der Waals surface area contributed by atoms with Crippen molar-refractivity contribution in [2.24, 2.45) is 0 Å². The first-order valence-electron chi connectivity index (χ1n) is 10.3. The summed E-state index contributed by atoms with van der Waals surface area (Å²) in [6, 6.07) is 17.7. The van der Waals surface area contributed by atoms with Gasteiger partial charge in [-0.25, -0.2) is 17.9 Å². The Bertz CT molecular complexity index is 1190. The fraction of sp³-hybridized carbons (Fsp3) is 0.217. The molecule has 0 saturated carbocycles. The van der Waals surface area contributed by atoms with Gasteiger partial charge in [-0.1, -0.05) is 49.4 Å². The van der Waals surface area contributed by atoms with E-state index in [0.717, 1.165) is 28.2 Å². The predicted molar refractivity (Wildman–Crippen MR) is 129 cm³/mol. The molecule has 0 fully saturated rings. The van der Waals surface area contributed by atoms with Crippen LogP contribution in [0.15, 0.2) is 70.9 Å². The Kier molecular flexibility index (Phi) is 8.21. The van der Waals surface area contributed by atoms with E-state index in [1.807, 2.05) is 6.92 Å². The van der Waals surface area contributed by atoms with Crippen LogP contribution in [0.1, 0.15) is 31.4 Å². The van der Waals surface area contributed by atoms with Gasteiger partial charge in [-0.05, 0) is 41.8 Å². The second-order valence-electron chi connectivity index (χ2n) is 7.26. The summed E-state index contributed by atoms with van der Waals surface area (Å²) in [4.78, 5) is 23.8. The van der Waals surface area contributed by atoms with Gasteiger partial charge in [0.1, 0.15) is 4.21 Å². The van der Waals surface area contributed by atoms with Gasteiger partial charge in [-0.2, -0.15) is 0 Å². The Morgan fingerprint density at radius 2 is 1.70 bits per heavy atom. The molecule has 0 spiro atoms. The molecule has 0 bridgehead atoms. The predicted octanol–water partition coefficient (Wildman–Crippen LogP) is 4.44. The number of hydrogen-bond acceptors (Lipinski definition) is 5. The Hall–Kier alpha value is -3.21. The zero-order valence-electron chi connectivity index (χ0n) is 17.9. The highest BCUT2D eigenvalue weighted by Crippen LogP contribution is 2.32. The number of carboxylic acids is 1. The zero-order chi connectivity index (χ0) is 23.8. The van der Waals surface area contributed by atoms with Crippen LogP contribution in [0.25, 0.3) is 10.4 Å². The number of aliphatic carboxylic acids is 1. The van der Waals surface area contributed by atoms with E-state index >= 15 is 0 Å². The normalized spacial score (nSPS) is 12.2. The fourth-order valence-electron chi connectivity index (χ4n) is 3.08. The van der Waals surface area contributed by atoms with E-state index in [1.165, 1.54) is 6.07 Å². The highest BCUT2D eigenvalue weighted by molar-refractivity contribution is 7.91. The molecule has 1 heterocycles. The lowest BCUT2D eigenvalue weighted by Crippen LogP contribution is -2.29. The average Bonchev–Trinajstić information content (AvgIpc) is 3.29. The minimum Gasteiger partial charge on any atom is -0.481 e. The van der Waals surface area contributed by atoms with Crippen LogP contribution >= 0.6 is 11.3 Å². The molecular formula is C23H25N3O5S2. The molecule has 0 saturated heterocycles. The number of nitrogens with one attached hydrogen (secondary N) is 3. The molecule has 0 aliphatic heterocycles. The molecule has 4 N–H and O–H groups in total. The molecule has 174 valence electrons. The lowest BCUT2D eigenvalue weighted by Gasteiger charge is -2.16. The summed E-state index contributed by atoms with van der Waals surface area (Å²) in [7, 11) is -3.93. The quantitative estimate of drug-likeness (QED) is 0.336. The van der Waals surface area contributed by atoms with Gasteiger partial charge in [0, 0.05) is 17.1 Å². The van der Waals surface area contributed by atoms with Crippen molar-refractivity contribution in [1.82, 2.24) is 10.0 Å². The van der Waals surface area contributed by atoms with Gasteiger partial charge in [-0.15, -0.1) is 11.3 Å². The molecule has 0 radical (unpaired) electrons. The topological polar surface area (TPSA) is 125 Å². The number of carbonyl (C=O) groups is 2. The first kappa shape index (κ1) is 24.4. The van der Waals surface area contributed by atoms with Crippen molar-refractivity contribution in [3.05, 3.63) is 72.3 Å². The Labute approximate surface area is 196 Å². The highest BCUT2D eigenvalue weighted by Gasteiger charge is 2.25. The van der Waals surface area contributed by atoms with Gasteiger partial charge in [0.05, 0.1) is 12.5 Å². The highest BCUT2D eigenvalue weighted by atomic mass is 32.2. The van der Waals surface area contributed by atoms with Gasteiger partial charge in [0.15, 0.2) is 0 Å². The third-order valence-electron chi connectivity index (χ3n) is 4.69. The first-order valence-corrected chi connectivity index (χ1v) is 12.6. The smallest absolute Gasteiger partial charge is 0.319 e. The number of hydrogen-bond donors (Lipinski definition) is 4. The van der Waals surface area contributed by atoms with Gasteiger partial charge >= 0.3 is 12.0 Å². The van der Waals surface area contributed by atoms with E-state index in [-0.39, 0.29) is 16.7 Å². The maximum atomic E-state index is 13.0. The summed E-state index contributed by atoms with van der Waals surface area (Å²) in [5.41, 5.74) is 2.00. The molecule has 1 aromatic heterocycles. The number of sulfonamides is 1. The number of anilines is 1. The van der Waals surface area contributed by atoms with E-state index < -0.39 is 22.0 Å². The Morgan fingerprint density at radius 1 is 1.00 bits per heavy atom. The lowest BCUT2D eigenvalue weighted by atomic mass is 10.1. The largest absolute Gasteiger partial charge is 0.481 e. The summed E-state index contributed by atoms with van der Waals surface area (Å²) < 4.78 is 28.5. The van der Waals surface area contributed by atoms with Crippen molar-refractivity contribution in [2.45, 2.75) is 30.0 Å². The van der Waals surface area contributed by atoms with Crippen molar-refractivity contribution >= 4 is 39.0 Å². The zero-order valence-corrected chi connectivity index (χ0v) is 19.6. The van der Waals surface area contributed by atoms with E-state index in [4.69, 9.17) is 0 Å². The van der Waals surface area contributed by atoms with Crippen LogP contribution in [-0.2, 0) is 14.8 Å². The number of urea groups is 1. The van der Waals surface area contributed by atoms with E-state index in [1.54, 1.807) is 60.7 Å². The molecule has 2 aromatic carbocycles. The maximum Gasteiger partial charge on any atom is 0.319 e. The van der Waals surface area contributed by atoms with Crippen molar-refractivity contribution < 1.29 is 23.1 Å². The van der Waals surface area contributed by atoms with E-state index in [0.29, 0.717) is 17.8 Å². The van der Waals surface area contributed by atoms with Crippen molar-refractivity contribution in [2.75, 3.05) is 11.9 Å². The number of carbonyl (C=O) groups excluding carboxylic acids is 1. The molecule has 8 nitrogen and oxygen atoms in total. The van der Waals surface area contributed by atoms with Crippen molar-refractivity contribution in [1.29, 1.82) is 0 Å². The summed E-state index contributed by atoms with van der Waals surface area (Å²) in [5, 5.41) is 14.7. The third kappa shape index (κ3) is 6.88. The monoisotopic (exact) mass is 487 g/mol. The number of amides is 2. The number of rotatable bonds is 10. The molecule has 3 rings (SSSR count). The number of carboxylic acid groups (broad SMARTS) is 1. The molecular weight excluding hydrogens is 462 g/mol. The minimum atomic E-state index is -3.93. The summed E-state index contributed by atoms with van der Waals surface area (Å²) >= 11 is 1.08. The summed E-state index contributed by atoms with van der Waals surface area (Å²) in [5.74, 6) is -1.10. The summed E-state index contributed by atoms with van der Waals surface area (Å²) in [6.07, 6.45) is 0.467. The standard InChI is InChI=1S/C23H25N3O5S2/c1-2-14-24-23(29)25-18-10-8-17(9-11-18)20-12-13-22(32-20)33(30,31)26-19(15-21(27)28)16-6-4-3-5-7-16/h3-13,19,26H,2,14-15H2,1H3,(H,27,28)(H2,24,25,29). The second-order valence-corrected chi connectivity index (χ2v) is 10.3. The van der Waals surface area contributed by atoms with Crippen LogP contribution < -0.4 is 15.4 Å². The maximum absolute atomic E-state index is 13.0. The number of benzene rings is 2. The molecule has 33 heavy (non-hydrogen) atoms. The molecule has 0 aliphatic rings. The second kappa shape index (κ2) is 11.1. The molecule has 1 unspecified atom stereocenters. The molecule has 10 heteroatoms. The van der Waals surface area contributed by atoms with Gasteiger partial charge in [-0.3, -0.25) is 4.79 Å². The Morgan fingerprint density at radius 3 is 2.33 bits per heavy atom. The van der Waals surface area contributed by atoms with Crippen LogP contribution in [0, 0.1) is 0 Å². The lowest BCUT2D eigenvalue weighted by molar-refractivity contribution is -0.137. The van der Waals surface area contributed by atoms with Gasteiger partial charge in [0.25, 0.3) is 10.0 Å². The van der Waals surface area contributed by atoms with Gasteiger partial charge in [0.2, 0.25) is 0 Å². The van der Waals surface area contributed by atoms with Crippen molar-refractivity contribution in [3.63, 3.8) is 0 Å².